The molecule has 0 aromatic carbocycles. The second-order valence-electron chi connectivity index (χ2n) is 4.15. The van der Waals surface area contributed by atoms with E-state index in [9.17, 15) is 4.79 Å². The molecule has 0 spiro atoms. The number of carbonyl (C=O) groups is 1. The van der Waals surface area contributed by atoms with Crippen LogP contribution in [0.1, 0.15) is 19.8 Å². The maximum Gasteiger partial charge on any atom is 0.508 e. The molecule has 2 rings (SSSR count). The highest BCUT2D eigenvalue weighted by Crippen LogP contribution is 2.29. The Bertz CT molecular complexity index is 200. The molecule has 0 N–H and O–H groups in total. The van der Waals surface area contributed by atoms with Gasteiger partial charge in [-0.25, -0.2) is 4.79 Å². The van der Waals surface area contributed by atoms with E-state index in [0.29, 0.717) is 25.9 Å². The first kappa shape index (κ1) is 8.81. The second-order valence-corrected chi connectivity index (χ2v) is 4.15. The molecule has 1 saturated heterocycles. The van der Waals surface area contributed by atoms with Crippen LogP contribution in [0.15, 0.2) is 0 Å². The fourth-order valence-electron chi connectivity index (χ4n) is 1.19. The molecule has 1 aliphatic heterocycles. The molecule has 1 saturated carbocycles. The van der Waals surface area contributed by atoms with Crippen molar-refractivity contribution < 1.29 is 19.0 Å². The first-order chi connectivity index (χ1) is 6.18. The molecule has 13 heavy (non-hydrogen) atoms. The highest BCUT2D eigenvalue weighted by molar-refractivity contribution is 5.60. The highest BCUT2D eigenvalue weighted by Gasteiger charge is 2.35. The van der Waals surface area contributed by atoms with Gasteiger partial charge in [-0.2, -0.15) is 0 Å². The quantitative estimate of drug-likeness (QED) is 0.624. The van der Waals surface area contributed by atoms with E-state index in [-0.39, 0.29) is 5.41 Å². The number of hydrogen-bond donors (Lipinski definition) is 0. The molecule has 0 amide bonds. The van der Waals surface area contributed by atoms with Gasteiger partial charge < -0.3 is 14.2 Å². The monoisotopic (exact) mass is 186 g/mol. The second kappa shape index (κ2) is 3.18. The fraction of sp³-hybridized carbons (Fsp3) is 0.889. The molecule has 2 aliphatic rings. The summed E-state index contributed by atoms with van der Waals surface area (Å²) in [4.78, 5) is 10.6. The molecule has 0 aromatic heterocycles. The SMILES string of the molecule is CC1(COC2CC2)COC(=O)OC1. The Morgan fingerprint density at radius 3 is 2.62 bits per heavy atom. The largest absolute Gasteiger partial charge is 0.508 e. The van der Waals surface area contributed by atoms with Crippen molar-refractivity contribution in [1.29, 1.82) is 0 Å². The Morgan fingerprint density at radius 1 is 1.46 bits per heavy atom. The molecule has 74 valence electrons. The molecule has 1 heterocycles. The van der Waals surface area contributed by atoms with E-state index >= 15 is 0 Å². The zero-order chi connectivity index (χ0) is 9.31. The molecule has 0 aromatic rings. The van der Waals surface area contributed by atoms with Crippen molar-refractivity contribution in [3.8, 4) is 0 Å². The molecular formula is C9H14O4. The lowest BCUT2D eigenvalue weighted by atomic mass is 9.94. The summed E-state index contributed by atoms with van der Waals surface area (Å²) in [5.74, 6) is 0. The third-order valence-corrected chi connectivity index (χ3v) is 2.27. The summed E-state index contributed by atoms with van der Waals surface area (Å²) >= 11 is 0. The van der Waals surface area contributed by atoms with E-state index < -0.39 is 6.16 Å². The lowest BCUT2D eigenvalue weighted by Crippen LogP contribution is -2.40. The van der Waals surface area contributed by atoms with Gasteiger partial charge in [0.05, 0.1) is 18.1 Å². The predicted molar refractivity (Wildman–Crippen MR) is 44.4 cm³/mol. The summed E-state index contributed by atoms with van der Waals surface area (Å²) in [6, 6.07) is 0. The number of ether oxygens (including phenoxy) is 3. The molecule has 4 heteroatoms. The van der Waals surface area contributed by atoms with E-state index in [1.807, 2.05) is 6.92 Å². The number of carbonyl (C=O) groups excluding carboxylic acids is 1. The Hall–Kier alpha value is -0.770. The van der Waals surface area contributed by atoms with Gasteiger partial charge >= 0.3 is 6.16 Å². The third kappa shape index (κ3) is 2.34. The van der Waals surface area contributed by atoms with Gasteiger partial charge in [0.15, 0.2) is 0 Å². The highest BCUT2D eigenvalue weighted by atomic mass is 16.7. The molecule has 0 bridgehead atoms. The van der Waals surface area contributed by atoms with Gasteiger partial charge in [0.1, 0.15) is 13.2 Å². The van der Waals surface area contributed by atoms with Gasteiger partial charge in [0.2, 0.25) is 0 Å². The summed E-state index contributed by atoms with van der Waals surface area (Å²) in [5, 5.41) is 0. The van der Waals surface area contributed by atoms with Crippen LogP contribution in [0.3, 0.4) is 0 Å². The smallest absolute Gasteiger partial charge is 0.433 e. The van der Waals surface area contributed by atoms with Crippen molar-refractivity contribution in [1.82, 2.24) is 0 Å². The van der Waals surface area contributed by atoms with Crippen LogP contribution in [0.2, 0.25) is 0 Å². The van der Waals surface area contributed by atoms with Gasteiger partial charge in [-0.05, 0) is 12.8 Å². The molecule has 0 unspecified atom stereocenters. The van der Waals surface area contributed by atoms with Crippen LogP contribution in [0.25, 0.3) is 0 Å². The van der Waals surface area contributed by atoms with Gasteiger partial charge in [0, 0.05) is 0 Å². The predicted octanol–water partition coefficient (Wildman–Crippen LogP) is 1.34. The van der Waals surface area contributed by atoms with E-state index in [4.69, 9.17) is 14.2 Å². The van der Waals surface area contributed by atoms with E-state index in [2.05, 4.69) is 0 Å². The first-order valence-electron chi connectivity index (χ1n) is 4.59. The van der Waals surface area contributed by atoms with Crippen molar-refractivity contribution in [3.05, 3.63) is 0 Å². The van der Waals surface area contributed by atoms with Crippen LogP contribution in [0.5, 0.6) is 0 Å². The lowest BCUT2D eigenvalue weighted by Gasteiger charge is -2.31. The van der Waals surface area contributed by atoms with Crippen molar-refractivity contribution in [2.75, 3.05) is 19.8 Å². The average Bonchev–Trinajstić information content (AvgIpc) is 2.91. The number of cyclic esters (lactones) is 2. The van der Waals surface area contributed by atoms with Gasteiger partial charge in [-0.3, -0.25) is 0 Å². The standard InChI is InChI=1S/C9H14O4/c1-9(4-11-7-2-3-7)5-12-8(10)13-6-9/h7H,2-6H2,1H3. The summed E-state index contributed by atoms with van der Waals surface area (Å²) in [6.45, 7) is 3.42. The van der Waals surface area contributed by atoms with E-state index in [1.54, 1.807) is 0 Å². The molecule has 4 nitrogen and oxygen atoms in total. The third-order valence-electron chi connectivity index (χ3n) is 2.27. The molecular weight excluding hydrogens is 172 g/mol. The van der Waals surface area contributed by atoms with Crippen LogP contribution < -0.4 is 0 Å². The minimum atomic E-state index is -0.566. The van der Waals surface area contributed by atoms with Crippen LogP contribution in [0.4, 0.5) is 4.79 Å². The molecule has 0 radical (unpaired) electrons. The summed E-state index contributed by atoms with van der Waals surface area (Å²) in [6.07, 6.45) is 2.20. The molecule has 2 fully saturated rings. The number of hydrogen-bond acceptors (Lipinski definition) is 4. The minimum absolute atomic E-state index is 0.156. The fourth-order valence-corrected chi connectivity index (χ4v) is 1.19. The average molecular weight is 186 g/mol. The summed E-state index contributed by atoms with van der Waals surface area (Å²) in [5.41, 5.74) is -0.156. The van der Waals surface area contributed by atoms with Crippen LogP contribution in [-0.4, -0.2) is 32.1 Å². The maximum absolute atomic E-state index is 10.6. The van der Waals surface area contributed by atoms with Crippen molar-refractivity contribution in [2.45, 2.75) is 25.9 Å². The summed E-state index contributed by atoms with van der Waals surface area (Å²) < 4.78 is 15.2. The van der Waals surface area contributed by atoms with E-state index in [0.717, 1.165) is 12.8 Å². The van der Waals surface area contributed by atoms with Crippen molar-refractivity contribution in [3.63, 3.8) is 0 Å². The topological polar surface area (TPSA) is 44.8 Å². The van der Waals surface area contributed by atoms with Gasteiger partial charge in [-0.1, -0.05) is 6.92 Å². The Balaban J connectivity index is 1.77. The van der Waals surface area contributed by atoms with Crippen molar-refractivity contribution >= 4 is 6.16 Å². The first-order valence-corrected chi connectivity index (χ1v) is 4.59. The van der Waals surface area contributed by atoms with Crippen LogP contribution >= 0.6 is 0 Å². The molecule has 1 aliphatic carbocycles. The van der Waals surface area contributed by atoms with E-state index in [1.165, 1.54) is 0 Å². The normalized spacial score (nSPS) is 26.4. The Kier molecular flexibility index (Phi) is 2.15. The number of rotatable bonds is 3. The Morgan fingerprint density at radius 2 is 2.08 bits per heavy atom. The van der Waals surface area contributed by atoms with Crippen LogP contribution in [0, 0.1) is 5.41 Å². The zero-order valence-electron chi connectivity index (χ0n) is 7.75. The Labute approximate surface area is 77.1 Å². The summed E-state index contributed by atoms with van der Waals surface area (Å²) in [7, 11) is 0. The molecule has 0 atom stereocenters. The minimum Gasteiger partial charge on any atom is -0.433 e. The van der Waals surface area contributed by atoms with Gasteiger partial charge in [-0.15, -0.1) is 0 Å². The maximum atomic E-state index is 10.6. The van der Waals surface area contributed by atoms with Crippen molar-refractivity contribution in [2.24, 2.45) is 5.41 Å². The van der Waals surface area contributed by atoms with Crippen LogP contribution in [-0.2, 0) is 14.2 Å². The zero-order valence-corrected chi connectivity index (χ0v) is 7.75. The van der Waals surface area contributed by atoms with Gasteiger partial charge in [0.25, 0.3) is 0 Å². The lowest BCUT2D eigenvalue weighted by molar-refractivity contribution is -0.0876.